The number of hydrogen-bond donors (Lipinski definition) is 3. The van der Waals surface area contributed by atoms with Crippen LogP contribution < -0.4 is 15.4 Å². The molecule has 0 bridgehead atoms. The van der Waals surface area contributed by atoms with Crippen molar-refractivity contribution >= 4 is 28.8 Å². The molecule has 0 saturated carbocycles. The van der Waals surface area contributed by atoms with Crippen molar-refractivity contribution in [3.8, 4) is 5.75 Å². The minimum absolute atomic E-state index is 0.155. The summed E-state index contributed by atoms with van der Waals surface area (Å²) in [6.45, 7) is 2.76. The molecule has 0 aliphatic rings. The van der Waals surface area contributed by atoms with E-state index in [4.69, 9.17) is 4.74 Å². The lowest BCUT2D eigenvalue weighted by atomic mass is 10.2. The Labute approximate surface area is 157 Å². The van der Waals surface area contributed by atoms with Gasteiger partial charge in [0.25, 0.3) is 5.91 Å². The maximum absolute atomic E-state index is 12.3. The largest absolute Gasteiger partial charge is 0.493 e. The summed E-state index contributed by atoms with van der Waals surface area (Å²) in [4.78, 5) is 31.7. The number of benzene rings is 2. The average molecular weight is 366 g/mol. The van der Waals surface area contributed by atoms with E-state index >= 15 is 0 Å². The molecule has 3 aromatic rings. The number of hydrogen-bond acceptors (Lipinski definition) is 4. The summed E-state index contributed by atoms with van der Waals surface area (Å²) in [5.41, 5.74) is 2.16. The van der Waals surface area contributed by atoms with Gasteiger partial charge in [0.2, 0.25) is 11.9 Å². The topological polar surface area (TPSA) is 96.1 Å². The molecule has 0 radical (unpaired) electrons. The average Bonchev–Trinajstić information content (AvgIpc) is 3.08. The van der Waals surface area contributed by atoms with Crippen molar-refractivity contribution in [2.45, 2.75) is 19.8 Å². The zero-order valence-electron chi connectivity index (χ0n) is 15.1. The first-order chi connectivity index (χ1) is 13.2. The van der Waals surface area contributed by atoms with Crippen LogP contribution >= 0.6 is 0 Å². The molecule has 2 aromatic carbocycles. The number of aromatic nitrogens is 2. The van der Waals surface area contributed by atoms with Crippen LogP contribution in [-0.4, -0.2) is 34.9 Å². The summed E-state index contributed by atoms with van der Waals surface area (Å²) in [7, 11) is 0. The molecule has 1 aromatic heterocycles. The number of aromatic amines is 1. The molecule has 7 nitrogen and oxygen atoms in total. The third-order valence-electron chi connectivity index (χ3n) is 3.94. The Morgan fingerprint density at radius 1 is 1.11 bits per heavy atom. The van der Waals surface area contributed by atoms with Crippen molar-refractivity contribution < 1.29 is 14.3 Å². The van der Waals surface area contributed by atoms with E-state index in [1.165, 1.54) is 0 Å². The molecule has 27 heavy (non-hydrogen) atoms. The molecule has 1 heterocycles. The predicted molar refractivity (Wildman–Crippen MR) is 104 cm³/mol. The molecule has 0 fully saturated rings. The summed E-state index contributed by atoms with van der Waals surface area (Å²) in [6.07, 6.45) is 0.805. The van der Waals surface area contributed by atoms with E-state index in [1.807, 2.05) is 37.3 Å². The maximum atomic E-state index is 12.3. The van der Waals surface area contributed by atoms with Crippen LogP contribution in [0.2, 0.25) is 0 Å². The van der Waals surface area contributed by atoms with Gasteiger partial charge in [0.1, 0.15) is 5.75 Å². The first-order valence-electron chi connectivity index (χ1n) is 8.92. The third kappa shape index (κ3) is 4.84. The molecule has 0 unspecified atom stereocenters. The fourth-order valence-electron chi connectivity index (χ4n) is 2.69. The summed E-state index contributed by atoms with van der Waals surface area (Å²) < 4.78 is 5.46. The Morgan fingerprint density at radius 3 is 2.70 bits per heavy atom. The molecule has 0 aliphatic carbocycles. The number of nitrogens with zero attached hydrogens (tertiary/aromatic N) is 1. The molecular formula is C20H22N4O3. The molecule has 0 atom stereocenters. The Bertz CT molecular complexity index is 903. The third-order valence-corrected chi connectivity index (χ3v) is 3.94. The molecule has 3 N–H and O–H groups in total. The number of anilines is 1. The van der Waals surface area contributed by atoms with Gasteiger partial charge in [0, 0.05) is 13.0 Å². The van der Waals surface area contributed by atoms with Crippen molar-refractivity contribution in [1.82, 2.24) is 15.3 Å². The van der Waals surface area contributed by atoms with Crippen molar-refractivity contribution in [2.75, 3.05) is 18.5 Å². The zero-order valence-corrected chi connectivity index (χ0v) is 15.1. The number of nitrogens with one attached hydrogen (secondary N) is 3. The Balaban J connectivity index is 1.44. The fourth-order valence-corrected chi connectivity index (χ4v) is 2.69. The van der Waals surface area contributed by atoms with E-state index in [-0.39, 0.29) is 18.2 Å². The van der Waals surface area contributed by atoms with Crippen molar-refractivity contribution in [1.29, 1.82) is 0 Å². The second-order valence-corrected chi connectivity index (χ2v) is 5.94. The quantitative estimate of drug-likeness (QED) is 0.534. The van der Waals surface area contributed by atoms with E-state index in [9.17, 15) is 9.59 Å². The number of ether oxygens (including phenoxy) is 1. The van der Waals surface area contributed by atoms with Crippen molar-refractivity contribution in [3.05, 3.63) is 54.1 Å². The lowest BCUT2D eigenvalue weighted by molar-refractivity contribution is -0.116. The van der Waals surface area contributed by atoms with Gasteiger partial charge < -0.3 is 15.0 Å². The normalized spacial score (nSPS) is 10.6. The minimum Gasteiger partial charge on any atom is -0.493 e. The number of carbonyl (C=O) groups is 2. The Morgan fingerprint density at radius 2 is 1.89 bits per heavy atom. The van der Waals surface area contributed by atoms with Crippen LogP contribution in [0.5, 0.6) is 5.75 Å². The molecule has 0 aliphatic heterocycles. The molecular weight excluding hydrogens is 344 g/mol. The smallest absolute Gasteiger partial charge is 0.255 e. The summed E-state index contributed by atoms with van der Waals surface area (Å²) >= 11 is 0. The van der Waals surface area contributed by atoms with Crippen LogP contribution in [-0.2, 0) is 4.79 Å². The zero-order chi connectivity index (χ0) is 19.1. The van der Waals surface area contributed by atoms with Crippen molar-refractivity contribution in [3.63, 3.8) is 0 Å². The number of H-pyrrole nitrogens is 1. The maximum Gasteiger partial charge on any atom is 0.255 e. The standard InChI is InChI=1S/C20H22N4O3/c1-2-27-17-11-6-3-8-14(17)19(26)21-13-7-12-18(25)24-20-22-15-9-4-5-10-16(15)23-20/h3-6,8-11H,2,7,12-13H2,1H3,(H,21,26)(H2,22,23,24,25). The highest BCUT2D eigenvalue weighted by atomic mass is 16.5. The Kier molecular flexibility index (Phi) is 6.04. The van der Waals surface area contributed by atoms with Gasteiger partial charge in [0.05, 0.1) is 23.2 Å². The molecule has 0 saturated heterocycles. The summed E-state index contributed by atoms with van der Waals surface area (Å²) in [5.74, 6) is 0.616. The van der Waals surface area contributed by atoms with Crippen LogP contribution in [0.25, 0.3) is 11.0 Å². The predicted octanol–water partition coefficient (Wildman–Crippen LogP) is 3.11. The van der Waals surface area contributed by atoms with Crippen LogP contribution in [0.1, 0.15) is 30.1 Å². The van der Waals surface area contributed by atoms with E-state index in [0.717, 1.165) is 11.0 Å². The highest BCUT2D eigenvalue weighted by Gasteiger charge is 2.12. The van der Waals surface area contributed by atoms with E-state index in [2.05, 4.69) is 20.6 Å². The first-order valence-corrected chi connectivity index (χ1v) is 8.92. The monoisotopic (exact) mass is 366 g/mol. The van der Waals surface area contributed by atoms with Crippen LogP contribution in [0, 0.1) is 0 Å². The van der Waals surface area contributed by atoms with Gasteiger partial charge >= 0.3 is 0 Å². The van der Waals surface area contributed by atoms with Gasteiger partial charge in [-0.05, 0) is 37.6 Å². The SMILES string of the molecule is CCOc1ccccc1C(=O)NCCCC(=O)Nc1nc2ccccc2[nH]1. The number of carbonyl (C=O) groups excluding carboxylic acids is 2. The van der Waals surface area contributed by atoms with Crippen LogP contribution in [0.15, 0.2) is 48.5 Å². The lowest BCUT2D eigenvalue weighted by Gasteiger charge is -2.10. The van der Waals surface area contributed by atoms with E-state index in [1.54, 1.807) is 18.2 Å². The molecule has 0 spiro atoms. The van der Waals surface area contributed by atoms with Gasteiger partial charge in [-0.2, -0.15) is 0 Å². The second-order valence-electron chi connectivity index (χ2n) is 5.94. The minimum atomic E-state index is -0.211. The molecule has 140 valence electrons. The van der Waals surface area contributed by atoms with Gasteiger partial charge in [-0.1, -0.05) is 24.3 Å². The summed E-state index contributed by atoms with van der Waals surface area (Å²) in [6, 6.07) is 14.7. The van der Waals surface area contributed by atoms with Gasteiger partial charge in [-0.3, -0.25) is 14.9 Å². The summed E-state index contributed by atoms with van der Waals surface area (Å²) in [5, 5.41) is 5.55. The molecule has 7 heteroatoms. The van der Waals surface area contributed by atoms with Gasteiger partial charge in [-0.15, -0.1) is 0 Å². The van der Waals surface area contributed by atoms with Crippen LogP contribution in [0.3, 0.4) is 0 Å². The number of fused-ring (bicyclic) bond motifs is 1. The van der Waals surface area contributed by atoms with E-state index in [0.29, 0.717) is 36.8 Å². The number of amides is 2. The first kappa shape index (κ1) is 18.4. The number of imidazole rings is 1. The van der Waals surface area contributed by atoms with Crippen molar-refractivity contribution in [2.24, 2.45) is 0 Å². The van der Waals surface area contributed by atoms with Crippen LogP contribution in [0.4, 0.5) is 5.95 Å². The second kappa shape index (κ2) is 8.84. The molecule has 3 rings (SSSR count). The molecule has 2 amide bonds. The highest BCUT2D eigenvalue weighted by molar-refractivity contribution is 5.97. The Hall–Kier alpha value is -3.35. The number of rotatable bonds is 8. The van der Waals surface area contributed by atoms with E-state index < -0.39 is 0 Å². The lowest BCUT2D eigenvalue weighted by Crippen LogP contribution is -2.26. The highest BCUT2D eigenvalue weighted by Crippen LogP contribution is 2.17. The van der Waals surface area contributed by atoms with Gasteiger partial charge in [-0.25, -0.2) is 4.98 Å². The fraction of sp³-hybridized carbons (Fsp3) is 0.250. The number of para-hydroxylation sites is 3. The van der Waals surface area contributed by atoms with Gasteiger partial charge in [0.15, 0.2) is 0 Å².